The maximum absolute atomic E-state index is 13.8. The van der Waals surface area contributed by atoms with Crippen molar-refractivity contribution in [3.8, 4) is 0 Å². The summed E-state index contributed by atoms with van der Waals surface area (Å²) < 4.78 is 115. The summed E-state index contributed by atoms with van der Waals surface area (Å²) in [7, 11) is 0. The average Bonchev–Trinajstić information content (AvgIpc) is 2.34. The zero-order chi connectivity index (χ0) is 18.0. The van der Waals surface area contributed by atoms with Crippen LogP contribution in [0.15, 0.2) is 0 Å². The highest BCUT2D eigenvalue weighted by molar-refractivity contribution is 14.1. The molecule has 2 atom stereocenters. The molecule has 134 valence electrons. The fourth-order valence-corrected chi connectivity index (χ4v) is 3.36. The molecular formula is C12H16F9I. The smallest absolute Gasteiger partial charge is 0.199 e. The predicted octanol–water partition coefficient (Wildman–Crippen LogP) is 6.47. The SMILES string of the molecule is CCCCC(I)C(CC)C(F)(F)C(F)(F)C(F)(F)C(F)(F)F. The van der Waals surface area contributed by atoms with E-state index < -0.39 is 40.2 Å². The van der Waals surface area contributed by atoms with Gasteiger partial charge < -0.3 is 0 Å². The third-order valence-corrected chi connectivity index (χ3v) is 4.84. The minimum absolute atomic E-state index is 0.0266. The molecule has 0 N–H and O–H groups in total. The van der Waals surface area contributed by atoms with Gasteiger partial charge in [0.1, 0.15) is 0 Å². The second-order valence-electron chi connectivity index (χ2n) is 4.94. The minimum Gasteiger partial charge on any atom is -0.199 e. The standard InChI is InChI=1S/C12H16F9I/c1-3-5-6-8(22)7(4-2)9(13,14)10(15,16)11(17,18)12(19,20)21/h7-8H,3-6H2,1-2H3. The molecule has 0 amide bonds. The maximum Gasteiger partial charge on any atom is 0.460 e. The zero-order valence-corrected chi connectivity index (χ0v) is 13.9. The Labute approximate surface area is 136 Å². The lowest BCUT2D eigenvalue weighted by Gasteiger charge is -2.39. The van der Waals surface area contributed by atoms with Gasteiger partial charge in [0.05, 0.1) is 0 Å². The van der Waals surface area contributed by atoms with Crippen molar-refractivity contribution in [1.82, 2.24) is 0 Å². The van der Waals surface area contributed by atoms with Gasteiger partial charge in [-0.3, -0.25) is 0 Å². The topological polar surface area (TPSA) is 0 Å². The first-order valence-electron chi connectivity index (χ1n) is 6.52. The summed E-state index contributed by atoms with van der Waals surface area (Å²) in [5, 5.41) is 0. The normalized spacial score (nSPS) is 17.5. The number of rotatable bonds is 8. The average molecular weight is 458 g/mol. The lowest BCUT2D eigenvalue weighted by atomic mass is 9.86. The van der Waals surface area contributed by atoms with Crippen molar-refractivity contribution in [2.75, 3.05) is 0 Å². The number of unbranched alkanes of at least 4 members (excludes halogenated alkanes) is 1. The largest absolute Gasteiger partial charge is 0.460 e. The quantitative estimate of drug-likeness (QED) is 0.222. The zero-order valence-electron chi connectivity index (χ0n) is 11.8. The van der Waals surface area contributed by atoms with Crippen molar-refractivity contribution in [3.63, 3.8) is 0 Å². The van der Waals surface area contributed by atoms with Gasteiger partial charge in [-0.25, -0.2) is 0 Å². The van der Waals surface area contributed by atoms with E-state index in [4.69, 9.17) is 0 Å². The lowest BCUT2D eigenvalue weighted by Crippen LogP contribution is -2.63. The molecule has 0 aromatic carbocycles. The molecule has 0 rings (SSSR count). The van der Waals surface area contributed by atoms with Crippen molar-refractivity contribution >= 4 is 22.6 Å². The van der Waals surface area contributed by atoms with E-state index in [2.05, 4.69) is 0 Å². The van der Waals surface area contributed by atoms with Gasteiger partial charge in [0.2, 0.25) is 0 Å². The van der Waals surface area contributed by atoms with Crippen molar-refractivity contribution in [2.24, 2.45) is 5.92 Å². The Morgan fingerprint density at radius 2 is 1.27 bits per heavy atom. The van der Waals surface area contributed by atoms with Crippen LogP contribution in [0.25, 0.3) is 0 Å². The first-order valence-corrected chi connectivity index (χ1v) is 7.77. The van der Waals surface area contributed by atoms with E-state index >= 15 is 0 Å². The number of halogens is 10. The van der Waals surface area contributed by atoms with Gasteiger partial charge in [-0.15, -0.1) is 0 Å². The molecule has 0 fully saturated rings. The van der Waals surface area contributed by atoms with Gasteiger partial charge in [-0.05, 0) is 12.8 Å². The monoisotopic (exact) mass is 458 g/mol. The molecule has 0 aromatic heterocycles. The Morgan fingerprint density at radius 1 is 0.818 bits per heavy atom. The van der Waals surface area contributed by atoms with Gasteiger partial charge in [-0.2, -0.15) is 39.5 Å². The summed E-state index contributed by atoms with van der Waals surface area (Å²) in [6.07, 6.45) is -6.45. The van der Waals surface area contributed by atoms with Crippen LogP contribution in [0.5, 0.6) is 0 Å². The fraction of sp³-hybridized carbons (Fsp3) is 1.00. The van der Waals surface area contributed by atoms with Crippen molar-refractivity contribution < 1.29 is 39.5 Å². The molecule has 0 aliphatic rings. The molecule has 0 aromatic rings. The van der Waals surface area contributed by atoms with Crippen molar-refractivity contribution in [1.29, 1.82) is 0 Å². The van der Waals surface area contributed by atoms with E-state index in [1.54, 1.807) is 6.92 Å². The Balaban J connectivity index is 5.65. The number of hydrogen-bond acceptors (Lipinski definition) is 0. The first-order chi connectivity index (χ1) is 9.68. The molecule has 10 heteroatoms. The molecule has 22 heavy (non-hydrogen) atoms. The summed E-state index contributed by atoms with van der Waals surface area (Å²) in [4.78, 5) is 0. The van der Waals surface area contributed by atoms with Crippen LogP contribution in [-0.2, 0) is 0 Å². The molecule has 0 aliphatic carbocycles. The second-order valence-corrected chi connectivity index (χ2v) is 6.54. The van der Waals surface area contributed by atoms with Crippen LogP contribution < -0.4 is 0 Å². The van der Waals surface area contributed by atoms with Crippen LogP contribution >= 0.6 is 22.6 Å². The first kappa shape index (κ1) is 22.1. The van der Waals surface area contributed by atoms with Crippen LogP contribution in [-0.4, -0.2) is 27.9 Å². The Kier molecular flexibility index (Phi) is 7.36. The van der Waals surface area contributed by atoms with Crippen LogP contribution in [0.3, 0.4) is 0 Å². The van der Waals surface area contributed by atoms with Gasteiger partial charge in [0.25, 0.3) is 0 Å². The molecule has 0 saturated carbocycles. The third kappa shape index (κ3) is 3.95. The van der Waals surface area contributed by atoms with E-state index in [-0.39, 0.29) is 6.42 Å². The summed E-state index contributed by atoms with van der Waals surface area (Å²) in [5.41, 5.74) is 0. The molecule has 0 nitrogen and oxygen atoms in total. The van der Waals surface area contributed by atoms with E-state index in [0.717, 1.165) is 6.92 Å². The molecule has 0 aliphatic heterocycles. The molecule has 0 radical (unpaired) electrons. The van der Waals surface area contributed by atoms with Crippen LogP contribution in [0, 0.1) is 5.92 Å². The van der Waals surface area contributed by atoms with E-state index in [9.17, 15) is 39.5 Å². The Bertz CT molecular complexity index is 351. The van der Waals surface area contributed by atoms with Gasteiger partial charge in [0, 0.05) is 9.84 Å². The predicted molar refractivity (Wildman–Crippen MR) is 72.0 cm³/mol. The second kappa shape index (κ2) is 7.33. The van der Waals surface area contributed by atoms with Gasteiger partial charge in [0.15, 0.2) is 0 Å². The maximum atomic E-state index is 13.8. The summed E-state index contributed by atoms with van der Waals surface area (Å²) >= 11 is 1.40. The Hall–Kier alpha value is 0.1000. The van der Waals surface area contributed by atoms with Gasteiger partial charge in [-0.1, -0.05) is 49.3 Å². The molecule has 2 unspecified atom stereocenters. The lowest BCUT2D eigenvalue weighted by molar-refractivity contribution is -0.403. The summed E-state index contributed by atoms with van der Waals surface area (Å²) in [6, 6.07) is 0. The molecule has 0 heterocycles. The fourth-order valence-electron chi connectivity index (χ4n) is 1.96. The highest BCUT2D eigenvalue weighted by Crippen LogP contribution is 2.56. The minimum atomic E-state index is -6.81. The van der Waals surface area contributed by atoms with Crippen LogP contribution in [0.1, 0.15) is 39.5 Å². The van der Waals surface area contributed by atoms with E-state index in [0.29, 0.717) is 12.8 Å². The van der Waals surface area contributed by atoms with Crippen molar-refractivity contribution in [3.05, 3.63) is 0 Å². The van der Waals surface area contributed by atoms with E-state index in [1.165, 1.54) is 22.6 Å². The third-order valence-electron chi connectivity index (χ3n) is 3.34. The molecular weight excluding hydrogens is 442 g/mol. The highest BCUT2D eigenvalue weighted by atomic mass is 127. The molecule has 0 saturated heterocycles. The van der Waals surface area contributed by atoms with Crippen molar-refractivity contribution in [2.45, 2.75) is 67.4 Å². The molecule has 0 bridgehead atoms. The summed E-state index contributed by atoms with van der Waals surface area (Å²) in [6.45, 7) is 2.76. The van der Waals surface area contributed by atoms with Gasteiger partial charge >= 0.3 is 23.9 Å². The Morgan fingerprint density at radius 3 is 1.59 bits per heavy atom. The summed E-state index contributed by atoms with van der Waals surface area (Å²) in [5.74, 6) is -21.1. The highest BCUT2D eigenvalue weighted by Gasteiger charge is 2.82. The number of hydrogen-bond donors (Lipinski definition) is 0. The number of alkyl halides is 10. The molecule has 0 spiro atoms. The van der Waals surface area contributed by atoms with Crippen LogP contribution in [0.4, 0.5) is 39.5 Å². The van der Waals surface area contributed by atoms with E-state index in [1.807, 2.05) is 0 Å². The van der Waals surface area contributed by atoms with Crippen LogP contribution in [0.2, 0.25) is 0 Å².